The maximum Gasteiger partial charge on any atom is 0.312 e. The minimum Gasteiger partial charge on any atom is -0.469 e. The Morgan fingerprint density at radius 1 is 1.19 bits per heavy atom. The van der Waals surface area contributed by atoms with Crippen LogP contribution in [-0.4, -0.2) is 51.7 Å². The number of carbonyl (C=O) groups excluding carboxylic acids is 2. The van der Waals surface area contributed by atoms with Crippen LogP contribution in [0.2, 0.25) is 18.1 Å². The SMILES string of the molecule is COC(=O)[C@@H]1C[C@@H]2C=C[C@@]1(O[Si](C)(C)C(C)(C)C)C(=O)N2S(=O)(=O)c1ccc(C)cc1. The summed E-state index contributed by atoms with van der Waals surface area (Å²) >= 11 is 0. The van der Waals surface area contributed by atoms with E-state index in [2.05, 4.69) is 0 Å². The summed E-state index contributed by atoms with van der Waals surface area (Å²) in [6, 6.07) is 5.59. The van der Waals surface area contributed by atoms with Crippen molar-refractivity contribution in [3.63, 3.8) is 0 Å². The Kier molecular flexibility index (Phi) is 5.78. The number of rotatable bonds is 5. The molecule has 2 heterocycles. The molecule has 0 unspecified atom stereocenters. The number of ether oxygens (including phenoxy) is 1. The van der Waals surface area contributed by atoms with E-state index >= 15 is 0 Å². The standard InChI is InChI=1S/C22H31NO6SSi/c1-15-8-10-17(11-9-15)30(26,27)23-16-12-13-22(20(23)25,18(14-16)19(24)28-5)29-31(6,7)21(2,3)4/h8-13,16,18H,14H2,1-7H3/t16-,18-,22-/m0/s1. The smallest absolute Gasteiger partial charge is 0.312 e. The number of methoxy groups -OCH3 is 1. The van der Waals surface area contributed by atoms with Gasteiger partial charge in [-0.1, -0.05) is 44.5 Å². The van der Waals surface area contributed by atoms with Crippen molar-refractivity contribution in [1.82, 2.24) is 4.31 Å². The maximum atomic E-state index is 13.8. The van der Waals surface area contributed by atoms with E-state index in [4.69, 9.17) is 9.16 Å². The molecule has 1 fully saturated rings. The molecule has 2 aliphatic heterocycles. The number of hydrogen-bond acceptors (Lipinski definition) is 6. The van der Waals surface area contributed by atoms with Gasteiger partial charge in [-0.3, -0.25) is 9.59 Å². The highest BCUT2D eigenvalue weighted by Crippen LogP contribution is 2.49. The number of aryl methyl sites for hydroxylation is 1. The predicted octanol–water partition coefficient (Wildman–Crippen LogP) is 3.40. The van der Waals surface area contributed by atoms with Crippen LogP contribution in [0.4, 0.5) is 0 Å². The second-order valence-corrected chi connectivity index (χ2v) is 16.4. The Morgan fingerprint density at radius 3 is 2.29 bits per heavy atom. The van der Waals surface area contributed by atoms with Crippen LogP contribution in [0.15, 0.2) is 41.3 Å². The molecule has 1 aliphatic carbocycles. The zero-order valence-electron chi connectivity index (χ0n) is 19.1. The van der Waals surface area contributed by atoms with Gasteiger partial charge in [-0.2, -0.15) is 0 Å². The third-order valence-electron chi connectivity index (χ3n) is 6.69. The molecule has 0 spiro atoms. The Morgan fingerprint density at radius 2 is 1.77 bits per heavy atom. The molecule has 1 amide bonds. The molecule has 0 N–H and O–H groups in total. The molecule has 9 heteroatoms. The van der Waals surface area contributed by atoms with Gasteiger partial charge in [-0.25, -0.2) is 12.7 Å². The number of hydrogen-bond donors (Lipinski definition) is 0. The molecule has 7 nitrogen and oxygen atoms in total. The lowest BCUT2D eigenvalue weighted by Gasteiger charge is -2.53. The Balaban J connectivity index is 2.13. The van der Waals surface area contributed by atoms with Crippen LogP contribution in [0, 0.1) is 12.8 Å². The lowest BCUT2D eigenvalue weighted by atomic mass is 9.73. The highest BCUT2D eigenvalue weighted by atomic mass is 32.2. The van der Waals surface area contributed by atoms with Gasteiger partial charge >= 0.3 is 5.97 Å². The average molecular weight is 466 g/mol. The van der Waals surface area contributed by atoms with E-state index in [0.717, 1.165) is 9.87 Å². The summed E-state index contributed by atoms with van der Waals surface area (Å²) in [5, 5.41) is -0.258. The van der Waals surface area contributed by atoms with Gasteiger partial charge in [0.1, 0.15) is 0 Å². The van der Waals surface area contributed by atoms with Gasteiger partial charge in [0.2, 0.25) is 0 Å². The van der Waals surface area contributed by atoms with Gasteiger partial charge < -0.3 is 9.16 Å². The van der Waals surface area contributed by atoms with Crippen molar-refractivity contribution in [2.45, 2.75) is 68.8 Å². The van der Waals surface area contributed by atoms with Crippen LogP contribution in [0.25, 0.3) is 0 Å². The van der Waals surface area contributed by atoms with Crippen LogP contribution >= 0.6 is 0 Å². The molecule has 0 radical (unpaired) electrons. The number of benzene rings is 1. The Labute approximate surface area is 185 Å². The highest BCUT2D eigenvalue weighted by molar-refractivity contribution is 7.89. The van der Waals surface area contributed by atoms with Crippen LogP contribution < -0.4 is 0 Å². The molecule has 2 bridgehead atoms. The first-order valence-electron chi connectivity index (χ1n) is 10.3. The number of nitrogens with zero attached hydrogens (tertiary/aromatic N) is 1. The quantitative estimate of drug-likeness (QED) is 0.376. The van der Waals surface area contributed by atoms with Gasteiger partial charge in [0.15, 0.2) is 13.9 Å². The van der Waals surface area contributed by atoms with E-state index in [1.165, 1.54) is 19.2 Å². The van der Waals surface area contributed by atoms with Gasteiger partial charge in [0.25, 0.3) is 15.9 Å². The molecule has 1 saturated heterocycles. The van der Waals surface area contributed by atoms with Crippen LogP contribution in [-0.2, 0) is 28.8 Å². The molecule has 1 aromatic rings. The second-order valence-electron chi connectivity index (χ2n) is 9.81. The first kappa shape index (κ1) is 23.7. The molecule has 31 heavy (non-hydrogen) atoms. The maximum absolute atomic E-state index is 13.8. The first-order chi connectivity index (χ1) is 14.2. The number of sulfonamides is 1. The minimum absolute atomic E-state index is 0.0319. The zero-order valence-corrected chi connectivity index (χ0v) is 20.9. The van der Waals surface area contributed by atoms with Crippen molar-refractivity contribution in [2.24, 2.45) is 5.92 Å². The number of carbonyl (C=O) groups is 2. The average Bonchev–Trinajstić information content (AvgIpc) is 2.67. The van der Waals surface area contributed by atoms with Crippen molar-refractivity contribution < 1.29 is 27.2 Å². The van der Waals surface area contributed by atoms with E-state index < -0.39 is 47.8 Å². The van der Waals surface area contributed by atoms with Gasteiger partial charge in [-0.05, 0) is 49.7 Å². The van der Waals surface area contributed by atoms with E-state index in [0.29, 0.717) is 0 Å². The Hall–Kier alpha value is -1.97. The monoisotopic (exact) mass is 465 g/mol. The summed E-state index contributed by atoms with van der Waals surface area (Å²) in [5.41, 5.74) is -0.795. The van der Waals surface area contributed by atoms with E-state index in [-0.39, 0.29) is 16.4 Å². The summed E-state index contributed by atoms with van der Waals surface area (Å²) in [6.07, 6.45) is 3.36. The lowest BCUT2D eigenvalue weighted by molar-refractivity contribution is -0.169. The van der Waals surface area contributed by atoms with Crippen molar-refractivity contribution in [3.05, 3.63) is 42.0 Å². The van der Waals surface area contributed by atoms with Crippen molar-refractivity contribution in [3.8, 4) is 0 Å². The fourth-order valence-electron chi connectivity index (χ4n) is 3.83. The summed E-state index contributed by atoms with van der Waals surface area (Å²) in [6.45, 7) is 11.9. The molecule has 3 atom stereocenters. The lowest BCUT2D eigenvalue weighted by Crippen LogP contribution is -2.70. The molecular weight excluding hydrogens is 434 g/mol. The van der Waals surface area contributed by atoms with Gasteiger partial charge in [0, 0.05) is 0 Å². The summed E-state index contributed by atoms with van der Waals surface area (Å²) in [5.74, 6) is -2.21. The Bertz CT molecular complexity index is 1030. The van der Waals surface area contributed by atoms with Crippen molar-refractivity contribution in [2.75, 3.05) is 7.11 Å². The van der Waals surface area contributed by atoms with Crippen LogP contribution in [0.1, 0.15) is 32.8 Å². The van der Waals surface area contributed by atoms with Crippen LogP contribution in [0.5, 0.6) is 0 Å². The molecule has 170 valence electrons. The zero-order chi connectivity index (χ0) is 23.4. The summed E-state index contributed by atoms with van der Waals surface area (Å²) < 4.78 is 39.3. The number of piperidine rings is 1. The summed E-state index contributed by atoms with van der Waals surface area (Å²) in [7, 11) is -5.44. The first-order valence-corrected chi connectivity index (χ1v) is 14.6. The fourth-order valence-corrected chi connectivity index (χ4v) is 6.86. The minimum atomic E-state index is -4.13. The molecule has 0 aromatic heterocycles. The molecule has 1 aromatic carbocycles. The normalized spacial score (nSPS) is 26.3. The third-order valence-corrected chi connectivity index (χ3v) is 13.0. The third kappa shape index (κ3) is 3.76. The largest absolute Gasteiger partial charge is 0.469 e. The number of fused-ring (bicyclic) bond motifs is 2. The van der Waals surface area contributed by atoms with Gasteiger partial charge in [-0.15, -0.1) is 0 Å². The van der Waals surface area contributed by atoms with E-state index in [1.54, 1.807) is 24.3 Å². The van der Waals surface area contributed by atoms with Crippen molar-refractivity contribution in [1.29, 1.82) is 0 Å². The van der Waals surface area contributed by atoms with Crippen molar-refractivity contribution >= 4 is 30.2 Å². The fraction of sp³-hybridized carbons (Fsp3) is 0.545. The van der Waals surface area contributed by atoms with Crippen LogP contribution in [0.3, 0.4) is 0 Å². The number of amides is 1. The second kappa shape index (κ2) is 7.56. The topological polar surface area (TPSA) is 90.0 Å². The molecule has 3 aliphatic rings. The predicted molar refractivity (Wildman–Crippen MR) is 119 cm³/mol. The van der Waals surface area contributed by atoms with E-state index in [1.807, 2.05) is 40.8 Å². The number of esters is 1. The van der Waals surface area contributed by atoms with E-state index in [9.17, 15) is 18.0 Å². The highest BCUT2D eigenvalue weighted by Gasteiger charge is 2.64. The van der Waals surface area contributed by atoms with Gasteiger partial charge in [0.05, 0.1) is 24.0 Å². The summed E-state index contributed by atoms with van der Waals surface area (Å²) in [4.78, 5) is 26.5. The molecule has 0 saturated carbocycles. The molecule has 4 rings (SSSR count). The molecular formula is C22H31NO6SSi.